The number of benzene rings is 2. The summed E-state index contributed by atoms with van der Waals surface area (Å²) in [6, 6.07) is 11.6. The molecule has 25 heavy (non-hydrogen) atoms. The zero-order chi connectivity index (χ0) is 17.6. The summed E-state index contributed by atoms with van der Waals surface area (Å²) < 4.78 is 34.4. The van der Waals surface area contributed by atoms with Crippen LogP contribution in [0.3, 0.4) is 0 Å². The largest absolute Gasteiger partial charge is 0.493 e. The van der Waals surface area contributed by atoms with E-state index in [0.29, 0.717) is 23.2 Å². The van der Waals surface area contributed by atoms with Crippen molar-refractivity contribution in [1.29, 1.82) is 0 Å². The molecule has 0 atom stereocenters. The van der Waals surface area contributed by atoms with Gasteiger partial charge in [0.15, 0.2) is 11.5 Å². The standard InChI is InChI=1S/C18H17FN2O4/c1-22-11-17-20-18(21-25-17)13-6-7-15(16(9-13)23-2)24-10-12-4-3-5-14(19)8-12/h3-9H,10-11H2,1-2H3. The minimum absolute atomic E-state index is 0.230. The number of methoxy groups -OCH3 is 2. The van der Waals surface area contributed by atoms with Gasteiger partial charge in [0.25, 0.3) is 5.89 Å². The van der Waals surface area contributed by atoms with Crippen LogP contribution in [0.1, 0.15) is 11.5 Å². The summed E-state index contributed by atoms with van der Waals surface area (Å²) >= 11 is 0. The average Bonchev–Trinajstić information content (AvgIpc) is 3.09. The molecule has 2 aromatic carbocycles. The van der Waals surface area contributed by atoms with Gasteiger partial charge in [0.2, 0.25) is 5.82 Å². The van der Waals surface area contributed by atoms with E-state index in [9.17, 15) is 4.39 Å². The van der Waals surface area contributed by atoms with Crippen molar-refractivity contribution in [3.8, 4) is 22.9 Å². The number of nitrogens with zero attached hydrogens (tertiary/aromatic N) is 2. The Hall–Kier alpha value is -2.93. The van der Waals surface area contributed by atoms with Crippen LogP contribution < -0.4 is 9.47 Å². The van der Waals surface area contributed by atoms with Gasteiger partial charge in [-0.15, -0.1) is 0 Å². The molecule has 6 nitrogen and oxygen atoms in total. The Bertz CT molecular complexity index is 851. The summed E-state index contributed by atoms with van der Waals surface area (Å²) in [5.41, 5.74) is 1.45. The molecule has 0 aliphatic heterocycles. The van der Waals surface area contributed by atoms with Crippen molar-refractivity contribution in [2.24, 2.45) is 0 Å². The smallest absolute Gasteiger partial charge is 0.252 e. The fourth-order valence-corrected chi connectivity index (χ4v) is 2.27. The SMILES string of the molecule is COCc1nc(-c2ccc(OCc3cccc(F)c3)c(OC)c2)no1. The lowest BCUT2D eigenvalue weighted by Crippen LogP contribution is -1.98. The molecule has 0 saturated carbocycles. The van der Waals surface area contributed by atoms with E-state index in [0.717, 1.165) is 11.1 Å². The van der Waals surface area contributed by atoms with Crippen LogP contribution in [-0.2, 0) is 18.0 Å². The Morgan fingerprint density at radius 2 is 1.92 bits per heavy atom. The molecule has 0 amide bonds. The number of rotatable bonds is 7. The molecule has 7 heteroatoms. The third-order valence-electron chi connectivity index (χ3n) is 3.44. The first kappa shape index (κ1) is 16.9. The quantitative estimate of drug-likeness (QED) is 0.652. The Kier molecular flexibility index (Phi) is 5.25. The van der Waals surface area contributed by atoms with Crippen LogP contribution in [0.5, 0.6) is 11.5 Å². The van der Waals surface area contributed by atoms with Crippen molar-refractivity contribution in [3.05, 3.63) is 59.7 Å². The maximum Gasteiger partial charge on any atom is 0.252 e. The molecule has 0 fully saturated rings. The van der Waals surface area contributed by atoms with Gasteiger partial charge in [-0.3, -0.25) is 0 Å². The minimum atomic E-state index is -0.299. The Morgan fingerprint density at radius 3 is 2.68 bits per heavy atom. The minimum Gasteiger partial charge on any atom is -0.493 e. The molecule has 0 aliphatic rings. The highest BCUT2D eigenvalue weighted by molar-refractivity contribution is 5.60. The molecule has 0 bridgehead atoms. The van der Waals surface area contributed by atoms with Gasteiger partial charge in [-0.05, 0) is 35.9 Å². The van der Waals surface area contributed by atoms with Crippen molar-refractivity contribution in [2.75, 3.05) is 14.2 Å². The molecule has 0 N–H and O–H groups in total. The molecule has 1 aromatic heterocycles. The lowest BCUT2D eigenvalue weighted by atomic mass is 10.2. The van der Waals surface area contributed by atoms with Gasteiger partial charge in [-0.1, -0.05) is 17.3 Å². The van der Waals surface area contributed by atoms with Crippen LogP contribution in [0, 0.1) is 5.82 Å². The van der Waals surface area contributed by atoms with Crippen LogP contribution in [0.25, 0.3) is 11.4 Å². The molecule has 0 aliphatic carbocycles. The molecule has 3 aromatic rings. The monoisotopic (exact) mass is 344 g/mol. The van der Waals surface area contributed by atoms with E-state index < -0.39 is 0 Å². The van der Waals surface area contributed by atoms with Gasteiger partial charge in [-0.2, -0.15) is 4.98 Å². The zero-order valence-electron chi connectivity index (χ0n) is 13.9. The van der Waals surface area contributed by atoms with E-state index >= 15 is 0 Å². The summed E-state index contributed by atoms with van der Waals surface area (Å²) in [4.78, 5) is 4.24. The molecular weight excluding hydrogens is 327 g/mol. The topological polar surface area (TPSA) is 66.6 Å². The van der Waals surface area contributed by atoms with Crippen LogP contribution in [0.4, 0.5) is 4.39 Å². The molecular formula is C18H17FN2O4. The Labute approximate surface area is 144 Å². The van der Waals surface area contributed by atoms with Crippen LogP contribution in [0.15, 0.2) is 47.0 Å². The van der Waals surface area contributed by atoms with Crippen molar-refractivity contribution in [1.82, 2.24) is 10.1 Å². The van der Waals surface area contributed by atoms with E-state index in [-0.39, 0.29) is 19.0 Å². The zero-order valence-corrected chi connectivity index (χ0v) is 13.9. The third kappa shape index (κ3) is 4.13. The van der Waals surface area contributed by atoms with Gasteiger partial charge in [0.05, 0.1) is 7.11 Å². The van der Waals surface area contributed by atoms with Gasteiger partial charge in [-0.25, -0.2) is 4.39 Å². The molecule has 0 saturated heterocycles. The number of aromatic nitrogens is 2. The first-order chi connectivity index (χ1) is 12.2. The van der Waals surface area contributed by atoms with E-state index in [1.54, 1.807) is 44.6 Å². The van der Waals surface area contributed by atoms with E-state index in [2.05, 4.69) is 10.1 Å². The lowest BCUT2D eigenvalue weighted by molar-refractivity contribution is 0.151. The highest BCUT2D eigenvalue weighted by Gasteiger charge is 2.12. The molecule has 130 valence electrons. The predicted octanol–water partition coefficient (Wildman–Crippen LogP) is 3.61. The van der Waals surface area contributed by atoms with Crippen LogP contribution in [-0.4, -0.2) is 24.4 Å². The third-order valence-corrected chi connectivity index (χ3v) is 3.44. The maximum atomic E-state index is 13.2. The first-order valence-corrected chi connectivity index (χ1v) is 7.57. The van der Waals surface area contributed by atoms with Crippen molar-refractivity contribution < 1.29 is 23.1 Å². The van der Waals surface area contributed by atoms with Gasteiger partial charge in [0, 0.05) is 12.7 Å². The first-order valence-electron chi connectivity index (χ1n) is 7.57. The predicted molar refractivity (Wildman–Crippen MR) is 87.7 cm³/mol. The molecule has 3 rings (SSSR count). The van der Waals surface area contributed by atoms with E-state index in [1.807, 2.05) is 0 Å². The number of halogens is 1. The van der Waals surface area contributed by atoms with E-state index in [4.69, 9.17) is 18.7 Å². The summed E-state index contributed by atoms with van der Waals surface area (Å²) in [7, 11) is 3.10. The summed E-state index contributed by atoms with van der Waals surface area (Å²) in [6.07, 6.45) is 0. The summed E-state index contributed by atoms with van der Waals surface area (Å²) in [6.45, 7) is 0.479. The average molecular weight is 344 g/mol. The fraction of sp³-hybridized carbons (Fsp3) is 0.222. The van der Waals surface area contributed by atoms with Gasteiger partial charge < -0.3 is 18.7 Å². The summed E-state index contributed by atoms with van der Waals surface area (Å²) in [5, 5.41) is 3.91. The number of hydrogen-bond acceptors (Lipinski definition) is 6. The molecule has 0 spiro atoms. The highest BCUT2D eigenvalue weighted by atomic mass is 19.1. The van der Waals surface area contributed by atoms with Crippen molar-refractivity contribution in [2.45, 2.75) is 13.2 Å². The van der Waals surface area contributed by atoms with Crippen molar-refractivity contribution in [3.63, 3.8) is 0 Å². The highest BCUT2D eigenvalue weighted by Crippen LogP contribution is 2.32. The fourth-order valence-electron chi connectivity index (χ4n) is 2.27. The molecule has 0 unspecified atom stereocenters. The second-order valence-electron chi connectivity index (χ2n) is 5.23. The Balaban J connectivity index is 1.76. The van der Waals surface area contributed by atoms with Crippen LogP contribution >= 0.6 is 0 Å². The van der Waals surface area contributed by atoms with E-state index in [1.165, 1.54) is 12.1 Å². The molecule has 0 radical (unpaired) electrons. The Morgan fingerprint density at radius 1 is 1.04 bits per heavy atom. The van der Waals surface area contributed by atoms with Gasteiger partial charge >= 0.3 is 0 Å². The number of ether oxygens (including phenoxy) is 3. The normalized spacial score (nSPS) is 10.7. The molecule has 1 heterocycles. The number of hydrogen-bond donors (Lipinski definition) is 0. The maximum absolute atomic E-state index is 13.2. The van der Waals surface area contributed by atoms with Crippen LogP contribution in [0.2, 0.25) is 0 Å². The lowest BCUT2D eigenvalue weighted by Gasteiger charge is -2.11. The second-order valence-corrected chi connectivity index (χ2v) is 5.23. The van der Waals surface area contributed by atoms with Gasteiger partial charge in [0.1, 0.15) is 19.0 Å². The second kappa shape index (κ2) is 7.76. The van der Waals surface area contributed by atoms with Crippen molar-refractivity contribution >= 4 is 0 Å². The summed E-state index contributed by atoms with van der Waals surface area (Å²) in [5.74, 6) is 1.58.